The lowest BCUT2D eigenvalue weighted by Gasteiger charge is -2.26. The fraction of sp³-hybridized carbons (Fsp3) is 0.444. The van der Waals surface area contributed by atoms with Gasteiger partial charge in [-0.05, 0) is 43.2 Å². The molecule has 0 unspecified atom stereocenters. The summed E-state index contributed by atoms with van der Waals surface area (Å²) in [5.41, 5.74) is 4.40. The number of rotatable bonds is 3. The Morgan fingerprint density at radius 3 is 3.04 bits per heavy atom. The monoisotopic (exact) mass is 312 g/mol. The quantitative estimate of drug-likeness (QED) is 0.946. The maximum Gasteiger partial charge on any atom is 0.290 e. The number of benzene rings is 1. The standard InChI is InChI=1S/C18H20N2O3/c21-18(17-14-7-3-4-8-15(14)20-23-17)19-11-16-13-6-2-1-5-12(13)9-10-22-16/h1-2,5-6,16H,3-4,7-11H2,(H,19,21)/t16-/m1/s1. The molecule has 1 aliphatic heterocycles. The van der Waals surface area contributed by atoms with Gasteiger partial charge in [0.1, 0.15) is 6.10 Å². The van der Waals surface area contributed by atoms with E-state index in [-0.39, 0.29) is 12.0 Å². The number of aromatic nitrogens is 1. The first kappa shape index (κ1) is 14.5. The second kappa shape index (κ2) is 6.16. The lowest BCUT2D eigenvalue weighted by Crippen LogP contribution is -2.32. The molecule has 1 amide bonds. The number of hydrogen-bond acceptors (Lipinski definition) is 4. The predicted octanol–water partition coefficient (Wildman–Crippen LogP) is 2.60. The van der Waals surface area contributed by atoms with Gasteiger partial charge in [-0.2, -0.15) is 0 Å². The summed E-state index contributed by atoms with van der Waals surface area (Å²) in [6.45, 7) is 1.14. The molecule has 1 aromatic heterocycles. The van der Waals surface area contributed by atoms with Gasteiger partial charge in [0.2, 0.25) is 5.76 Å². The fourth-order valence-electron chi connectivity index (χ4n) is 3.48. The van der Waals surface area contributed by atoms with E-state index in [2.05, 4.69) is 22.6 Å². The van der Waals surface area contributed by atoms with Crippen LogP contribution < -0.4 is 5.32 Å². The van der Waals surface area contributed by atoms with E-state index in [9.17, 15) is 4.79 Å². The Morgan fingerprint density at radius 1 is 1.22 bits per heavy atom. The van der Waals surface area contributed by atoms with E-state index < -0.39 is 0 Å². The summed E-state index contributed by atoms with van der Waals surface area (Å²) in [5.74, 6) is 0.191. The SMILES string of the molecule is O=C(NC[C@H]1OCCc2ccccc21)c1onc2c1CCCC2. The molecule has 0 saturated carbocycles. The number of hydrogen-bond donors (Lipinski definition) is 1. The molecule has 0 saturated heterocycles. The van der Waals surface area contributed by atoms with E-state index in [0.717, 1.165) is 43.4 Å². The Bertz CT molecular complexity index is 723. The van der Waals surface area contributed by atoms with Crippen molar-refractivity contribution in [1.29, 1.82) is 0 Å². The summed E-state index contributed by atoms with van der Waals surface area (Å²) in [7, 11) is 0. The lowest BCUT2D eigenvalue weighted by molar-refractivity contribution is 0.0406. The number of nitrogens with zero attached hydrogens (tertiary/aromatic N) is 1. The number of fused-ring (bicyclic) bond motifs is 2. The average Bonchev–Trinajstić information content (AvgIpc) is 3.04. The largest absolute Gasteiger partial charge is 0.371 e. The van der Waals surface area contributed by atoms with Gasteiger partial charge in [-0.15, -0.1) is 0 Å². The van der Waals surface area contributed by atoms with Crippen molar-refractivity contribution < 1.29 is 14.1 Å². The van der Waals surface area contributed by atoms with Crippen LogP contribution in [0.1, 0.15) is 51.9 Å². The molecule has 1 aromatic carbocycles. The van der Waals surface area contributed by atoms with Gasteiger partial charge in [0.15, 0.2) is 0 Å². The molecule has 1 atom stereocenters. The van der Waals surface area contributed by atoms with E-state index in [1.165, 1.54) is 11.1 Å². The molecule has 5 nitrogen and oxygen atoms in total. The predicted molar refractivity (Wildman–Crippen MR) is 84.3 cm³/mol. The number of amides is 1. The summed E-state index contributed by atoms with van der Waals surface area (Å²) >= 11 is 0. The highest BCUT2D eigenvalue weighted by Crippen LogP contribution is 2.27. The molecule has 120 valence electrons. The van der Waals surface area contributed by atoms with Crippen LogP contribution >= 0.6 is 0 Å². The highest BCUT2D eigenvalue weighted by molar-refractivity contribution is 5.93. The minimum atomic E-state index is -0.188. The van der Waals surface area contributed by atoms with E-state index in [4.69, 9.17) is 9.26 Å². The molecule has 23 heavy (non-hydrogen) atoms. The summed E-state index contributed by atoms with van der Waals surface area (Å²) in [4.78, 5) is 12.4. The third kappa shape index (κ3) is 2.77. The molecule has 0 bridgehead atoms. The smallest absolute Gasteiger partial charge is 0.290 e. The number of nitrogens with one attached hydrogen (secondary N) is 1. The summed E-state index contributed by atoms with van der Waals surface area (Å²) < 4.78 is 11.1. The molecular weight excluding hydrogens is 292 g/mol. The number of ether oxygens (including phenoxy) is 1. The van der Waals surface area contributed by atoms with Crippen LogP contribution in [0.15, 0.2) is 28.8 Å². The van der Waals surface area contributed by atoms with Crippen molar-refractivity contribution in [3.8, 4) is 0 Å². The van der Waals surface area contributed by atoms with Crippen molar-refractivity contribution in [1.82, 2.24) is 10.5 Å². The molecule has 1 N–H and O–H groups in total. The Labute approximate surface area is 135 Å². The lowest BCUT2D eigenvalue weighted by atomic mass is 9.95. The van der Waals surface area contributed by atoms with Crippen LogP contribution in [0.25, 0.3) is 0 Å². The average molecular weight is 312 g/mol. The van der Waals surface area contributed by atoms with Gasteiger partial charge in [0.05, 0.1) is 12.3 Å². The van der Waals surface area contributed by atoms with E-state index in [1.54, 1.807) is 0 Å². The Kier molecular flexibility index (Phi) is 3.87. The first-order chi connectivity index (χ1) is 11.3. The highest BCUT2D eigenvalue weighted by Gasteiger charge is 2.26. The third-order valence-corrected chi connectivity index (χ3v) is 4.71. The van der Waals surface area contributed by atoms with Crippen LogP contribution in [0.5, 0.6) is 0 Å². The minimum absolute atomic E-state index is 0.0948. The number of aryl methyl sites for hydroxylation is 1. The van der Waals surface area contributed by atoms with Crippen molar-refractivity contribution in [3.63, 3.8) is 0 Å². The van der Waals surface area contributed by atoms with Crippen LogP contribution in [0.4, 0.5) is 0 Å². The molecule has 2 aromatic rings. The van der Waals surface area contributed by atoms with Gasteiger partial charge in [-0.25, -0.2) is 0 Å². The van der Waals surface area contributed by atoms with Crippen molar-refractivity contribution in [2.24, 2.45) is 0 Å². The molecule has 4 rings (SSSR count). The Balaban J connectivity index is 1.46. The van der Waals surface area contributed by atoms with E-state index in [0.29, 0.717) is 18.9 Å². The molecule has 2 heterocycles. The Hall–Kier alpha value is -2.14. The van der Waals surface area contributed by atoms with Crippen molar-refractivity contribution in [2.45, 2.75) is 38.2 Å². The zero-order valence-electron chi connectivity index (χ0n) is 13.0. The molecule has 0 radical (unpaired) electrons. The van der Waals surface area contributed by atoms with Gasteiger partial charge in [0, 0.05) is 12.1 Å². The van der Waals surface area contributed by atoms with Gasteiger partial charge >= 0.3 is 0 Å². The first-order valence-electron chi connectivity index (χ1n) is 8.28. The normalized spacial score (nSPS) is 19.7. The van der Waals surface area contributed by atoms with Crippen LogP contribution in [0, 0.1) is 0 Å². The maximum atomic E-state index is 12.4. The second-order valence-electron chi connectivity index (χ2n) is 6.16. The fourth-order valence-corrected chi connectivity index (χ4v) is 3.48. The van der Waals surface area contributed by atoms with E-state index in [1.807, 2.05) is 12.1 Å². The molecule has 0 spiro atoms. The van der Waals surface area contributed by atoms with Crippen molar-refractivity contribution in [3.05, 3.63) is 52.4 Å². The molecular formula is C18H20N2O3. The highest BCUT2D eigenvalue weighted by atomic mass is 16.5. The number of carbonyl (C=O) groups excluding carboxylic acids is 1. The topological polar surface area (TPSA) is 64.4 Å². The molecule has 1 aliphatic carbocycles. The maximum absolute atomic E-state index is 12.4. The van der Waals surface area contributed by atoms with Gasteiger partial charge in [-0.3, -0.25) is 4.79 Å². The van der Waals surface area contributed by atoms with E-state index >= 15 is 0 Å². The zero-order chi connectivity index (χ0) is 15.6. The van der Waals surface area contributed by atoms with Crippen LogP contribution in [-0.2, 0) is 24.0 Å². The summed E-state index contributed by atoms with van der Waals surface area (Å²) in [5, 5.41) is 6.99. The van der Waals surface area contributed by atoms with Crippen LogP contribution in [0.2, 0.25) is 0 Å². The van der Waals surface area contributed by atoms with Crippen LogP contribution in [-0.4, -0.2) is 24.2 Å². The minimum Gasteiger partial charge on any atom is -0.371 e. The zero-order valence-corrected chi connectivity index (χ0v) is 13.0. The first-order valence-corrected chi connectivity index (χ1v) is 8.28. The molecule has 5 heteroatoms. The summed E-state index contributed by atoms with van der Waals surface area (Å²) in [6.07, 6.45) is 4.83. The van der Waals surface area contributed by atoms with Gasteiger partial charge in [-0.1, -0.05) is 29.4 Å². The van der Waals surface area contributed by atoms with Crippen LogP contribution in [0.3, 0.4) is 0 Å². The Morgan fingerprint density at radius 2 is 2.09 bits per heavy atom. The van der Waals surface area contributed by atoms with Gasteiger partial charge in [0.25, 0.3) is 5.91 Å². The number of carbonyl (C=O) groups is 1. The van der Waals surface area contributed by atoms with Crippen molar-refractivity contribution >= 4 is 5.91 Å². The molecule has 2 aliphatic rings. The van der Waals surface area contributed by atoms with Crippen molar-refractivity contribution in [2.75, 3.05) is 13.2 Å². The molecule has 0 fully saturated rings. The third-order valence-electron chi connectivity index (χ3n) is 4.71. The second-order valence-corrected chi connectivity index (χ2v) is 6.16. The van der Waals surface area contributed by atoms with Gasteiger partial charge < -0.3 is 14.6 Å². The summed E-state index contributed by atoms with van der Waals surface area (Å²) in [6, 6.07) is 8.25.